The van der Waals surface area contributed by atoms with Crippen LogP contribution in [0.1, 0.15) is 10.4 Å². The molecule has 0 radical (unpaired) electrons. The van der Waals surface area contributed by atoms with E-state index in [1.54, 1.807) is 44.2 Å². The third-order valence-corrected chi connectivity index (χ3v) is 4.79. The van der Waals surface area contributed by atoms with Gasteiger partial charge in [0.25, 0.3) is 0 Å². The third-order valence-electron chi connectivity index (χ3n) is 3.80. The average Bonchev–Trinajstić information content (AvgIpc) is 2.65. The maximum Gasteiger partial charge on any atom is 0.173 e. The van der Waals surface area contributed by atoms with Crippen molar-refractivity contribution in [2.75, 3.05) is 20.0 Å². The van der Waals surface area contributed by atoms with Gasteiger partial charge in [0, 0.05) is 10.5 Å². The van der Waals surface area contributed by atoms with Crippen molar-refractivity contribution in [1.29, 1.82) is 0 Å². The van der Waals surface area contributed by atoms with E-state index in [-0.39, 0.29) is 5.78 Å². The van der Waals surface area contributed by atoms with Crippen LogP contribution in [0.25, 0.3) is 10.8 Å². The van der Waals surface area contributed by atoms with Gasteiger partial charge in [0.1, 0.15) is 0 Å². The molecule has 3 nitrogen and oxygen atoms in total. The Morgan fingerprint density at radius 2 is 1.62 bits per heavy atom. The Morgan fingerprint density at radius 1 is 0.875 bits per heavy atom. The van der Waals surface area contributed by atoms with Gasteiger partial charge < -0.3 is 9.47 Å². The fraction of sp³-hybridized carbons (Fsp3) is 0.150. The lowest BCUT2D eigenvalue weighted by Crippen LogP contribution is -2.03. The Morgan fingerprint density at radius 3 is 2.38 bits per heavy atom. The molecule has 0 aliphatic carbocycles. The van der Waals surface area contributed by atoms with Crippen molar-refractivity contribution < 1.29 is 14.3 Å². The van der Waals surface area contributed by atoms with Crippen LogP contribution in [-0.2, 0) is 0 Å². The van der Waals surface area contributed by atoms with Gasteiger partial charge in [-0.1, -0.05) is 30.3 Å². The fourth-order valence-corrected chi connectivity index (χ4v) is 3.34. The first kappa shape index (κ1) is 16.4. The van der Waals surface area contributed by atoms with Crippen LogP contribution >= 0.6 is 11.8 Å². The standard InChI is InChI=1S/C20H18O3S/c1-22-19-10-8-16(12-20(19)23-2)18(21)13-24-17-9-7-14-5-3-4-6-15(14)11-17/h3-12H,13H2,1-2H3. The number of carbonyl (C=O) groups excluding carboxylic acids is 1. The molecule has 0 fully saturated rings. The van der Waals surface area contributed by atoms with Crippen molar-refractivity contribution in [3.8, 4) is 11.5 Å². The highest BCUT2D eigenvalue weighted by atomic mass is 32.2. The lowest BCUT2D eigenvalue weighted by atomic mass is 10.1. The smallest absolute Gasteiger partial charge is 0.173 e. The second-order valence-electron chi connectivity index (χ2n) is 5.29. The summed E-state index contributed by atoms with van der Waals surface area (Å²) >= 11 is 1.54. The monoisotopic (exact) mass is 338 g/mol. The van der Waals surface area contributed by atoms with Gasteiger partial charge in [-0.3, -0.25) is 4.79 Å². The third kappa shape index (κ3) is 3.54. The summed E-state index contributed by atoms with van der Waals surface area (Å²) in [6, 6.07) is 19.7. The minimum atomic E-state index is 0.0640. The zero-order valence-corrected chi connectivity index (χ0v) is 14.4. The lowest BCUT2D eigenvalue weighted by Gasteiger charge is -2.09. The largest absolute Gasteiger partial charge is 0.493 e. The predicted molar refractivity (Wildman–Crippen MR) is 98.5 cm³/mol. The van der Waals surface area contributed by atoms with E-state index in [9.17, 15) is 4.79 Å². The fourth-order valence-electron chi connectivity index (χ4n) is 2.50. The first-order valence-electron chi connectivity index (χ1n) is 7.58. The molecule has 0 N–H and O–H groups in total. The van der Waals surface area contributed by atoms with Crippen LogP contribution in [0, 0.1) is 0 Å². The highest BCUT2D eigenvalue weighted by Gasteiger charge is 2.11. The number of thioether (sulfide) groups is 1. The summed E-state index contributed by atoms with van der Waals surface area (Å²) in [6.07, 6.45) is 0. The molecule has 0 amide bonds. The second kappa shape index (κ2) is 7.41. The van der Waals surface area contributed by atoms with Gasteiger partial charge in [-0.2, -0.15) is 0 Å². The van der Waals surface area contributed by atoms with E-state index in [4.69, 9.17) is 9.47 Å². The van der Waals surface area contributed by atoms with Gasteiger partial charge in [0.2, 0.25) is 0 Å². The molecule has 3 rings (SSSR count). The van der Waals surface area contributed by atoms with Crippen molar-refractivity contribution in [2.45, 2.75) is 4.90 Å². The molecule has 0 spiro atoms. The van der Waals surface area contributed by atoms with E-state index in [2.05, 4.69) is 30.3 Å². The lowest BCUT2D eigenvalue weighted by molar-refractivity contribution is 0.102. The summed E-state index contributed by atoms with van der Waals surface area (Å²) in [5.41, 5.74) is 0.626. The molecule has 0 aliphatic heterocycles. The number of methoxy groups -OCH3 is 2. The van der Waals surface area contributed by atoms with Crippen molar-refractivity contribution in [2.24, 2.45) is 0 Å². The predicted octanol–water partition coefficient (Wildman–Crippen LogP) is 4.83. The van der Waals surface area contributed by atoms with Crippen LogP contribution in [0.3, 0.4) is 0 Å². The molecule has 3 aromatic carbocycles. The zero-order valence-electron chi connectivity index (χ0n) is 13.6. The number of hydrogen-bond donors (Lipinski definition) is 0. The molecule has 0 saturated heterocycles. The molecule has 24 heavy (non-hydrogen) atoms. The van der Waals surface area contributed by atoms with Gasteiger partial charge in [-0.05, 0) is 41.1 Å². The highest BCUT2D eigenvalue weighted by molar-refractivity contribution is 8.00. The van der Waals surface area contributed by atoms with E-state index in [0.29, 0.717) is 22.8 Å². The Balaban J connectivity index is 1.72. The number of ether oxygens (including phenoxy) is 2. The average molecular weight is 338 g/mol. The number of benzene rings is 3. The SMILES string of the molecule is COc1ccc(C(=O)CSc2ccc3ccccc3c2)cc1OC. The summed E-state index contributed by atoms with van der Waals surface area (Å²) in [5.74, 6) is 1.64. The Labute approximate surface area is 145 Å². The van der Waals surface area contributed by atoms with Crippen LogP contribution in [-0.4, -0.2) is 25.8 Å². The molecule has 0 unspecified atom stereocenters. The summed E-state index contributed by atoms with van der Waals surface area (Å²) in [6.45, 7) is 0. The molecule has 0 atom stereocenters. The first-order valence-corrected chi connectivity index (χ1v) is 8.56. The molecule has 0 saturated carbocycles. The molecular formula is C20H18O3S. The summed E-state index contributed by atoms with van der Waals surface area (Å²) < 4.78 is 10.5. The van der Waals surface area contributed by atoms with E-state index in [0.717, 1.165) is 4.90 Å². The van der Waals surface area contributed by atoms with Crippen molar-refractivity contribution in [3.05, 3.63) is 66.2 Å². The molecule has 0 heterocycles. The molecule has 3 aromatic rings. The summed E-state index contributed by atoms with van der Waals surface area (Å²) in [7, 11) is 3.14. The number of carbonyl (C=O) groups is 1. The minimum Gasteiger partial charge on any atom is -0.493 e. The number of rotatable bonds is 6. The molecule has 4 heteroatoms. The number of hydrogen-bond acceptors (Lipinski definition) is 4. The van der Waals surface area contributed by atoms with Crippen LogP contribution in [0.5, 0.6) is 11.5 Å². The molecule has 0 bridgehead atoms. The Hall–Kier alpha value is -2.46. The normalized spacial score (nSPS) is 10.6. The highest BCUT2D eigenvalue weighted by Crippen LogP contribution is 2.29. The van der Waals surface area contributed by atoms with Gasteiger partial charge >= 0.3 is 0 Å². The quantitative estimate of drug-likeness (QED) is 0.476. The molecule has 122 valence electrons. The Bertz CT molecular complexity index is 874. The van der Waals surface area contributed by atoms with Gasteiger partial charge in [0.15, 0.2) is 17.3 Å². The van der Waals surface area contributed by atoms with Gasteiger partial charge in [-0.15, -0.1) is 11.8 Å². The Kier molecular flexibility index (Phi) is 5.06. The minimum absolute atomic E-state index is 0.0640. The molecule has 0 aliphatic rings. The van der Waals surface area contributed by atoms with Crippen LogP contribution in [0.4, 0.5) is 0 Å². The second-order valence-corrected chi connectivity index (χ2v) is 6.34. The first-order chi connectivity index (χ1) is 11.7. The zero-order chi connectivity index (χ0) is 16.9. The number of Topliss-reactive ketones (excluding diaryl/α,β-unsaturated/α-hetero) is 1. The van der Waals surface area contributed by atoms with Crippen LogP contribution in [0.15, 0.2) is 65.6 Å². The summed E-state index contributed by atoms with van der Waals surface area (Å²) in [4.78, 5) is 13.5. The van der Waals surface area contributed by atoms with Crippen LogP contribution in [0.2, 0.25) is 0 Å². The van der Waals surface area contributed by atoms with Crippen molar-refractivity contribution in [3.63, 3.8) is 0 Å². The molecular weight excluding hydrogens is 320 g/mol. The summed E-state index contributed by atoms with van der Waals surface area (Å²) in [5, 5.41) is 2.38. The number of fused-ring (bicyclic) bond motifs is 1. The van der Waals surface area contributed by atoms with E-state index in [1.807, 2.05) is 12.1 Å². The van der Waals surface area contributed by atoms with Crippen LogP contribution < -0.4 is 9.47 Å². The van der Waals surface area contributed by atoms with Gasteiger partial charge in [0.05, 0.1) is 20.0 Å². The topological polar surface area (TPSA) is 35.5 Å². The van der Waals surface area contributed by atoms with Crippen molar-refractivity contribution >= 4 is 28.3 Å². The maximum absolute atomic E-state index is 12.4. The maximum atomic E-state index is 12.4. The van der Waals surface area contributed by atoms with E-state index in [1.165, 1.54) is 10.8 Å². The number of ketones is 1. The molecule has 0 aromatic heterocycles. The van der Waals surface area contributed by atoms with E-state index < -0.39 is 0 Å². The van der Waals surface area contributed by atoms with E-state index >= 15 is 0 Å². The van der Waals surface area contributed by atoms with Crippen molar-refractivity contribution in [1.82, 2.24) is 0 Å². The van der Waals surface area contributed by atoms with Gasteiger partial charge in [-0.25, -0.2) is 0 Å².